The van der Waals surface area contributed by atoms with Gasteiger partial charge in [0, 0.05) is 16.4 Å². The number of aromatic nitrogens is 2. The summed E-state index contributed by atoms with van der Waals surface area (Å²) < 4.78 is 8.11. The zero-order valence-electron chi connectivity index (χ0n) is 13.8. The monoisotopic (exact) mass is 366 g/mol. The zero-order chi connectivity index (χ0) is 16.5. The quantitative estimate of drug-likeness (QED) is 0.721. The highest BCUT2D eigenvalue weighted by Gasteiger charge is 2.25. The van der Waals surface area contributed by atoms with Gasteiger partial charge in [0.1, 0.15) is 5.60 Å². The van der Waals surface area contributed by atoms with Crippen molar-refractivity contribution in [3.63, 3.8) is 0 Å². The standard InChI is InChI=1S/C17H23BrN2O2/c1-6-11(7-2)14-9-13-15(8-12(18)10-19-13)20(14)16(21)22-17(3,4)5/h8-11H,6-7H2,1-5H3. The molecule has 0 fully saturated rings. The number of nitrogens with zero attached hydrogens (tertiary/aromatic N) is 2. The van der Waals surface area contributed by atoms with E-state index in [4.69, 9.17) is 4.74 Å². The molecule has 0 radical (unpaired) electrons. The summed E-state index contributed by atoms with van der Waals surface area (Å²) in [5, 5.41) is 0. The van der Waals surface area contributed by atoms with Crippen LogP contribution in [-0.4, -0.2) is 21.2 Å². The molecule has 0 bridgehead atoms. The van der Waals surface area contributed by atoms with Gasteiger partial charge >= 0.3 is 6.09 Å². The van der Waals surface area contributed by atoms with Crippen molar-refractivity contribution in [2.24, 2.45) is 0 Å². The zero-order valence-corrected chi connectivity index (χ0v) is 15.4. The van der Waals surface area contributed by atoms with Crippen LogP contribution in [0.3, 0.4) is 0 Å². The van der Waals surface area contributed by atoms with Gasteiger partial charge in [0.25, 0.3) is 0 Å². The number of hydrogen-bond acceptors (Lipinski definition) is 3. The molecule has 0 unspecified atom stereocenters. The largest absolute Gasteiger partial charge is 0.443 e. The number of halogens is 1. The molecule has 0 atom stereocenters. The second kappa shape index (κ2) is 6.41. The Kier molecular flexibility index (Phi) is 4.95. The fraction of sp³-hybridized carbons (Fsp3) is 0.529. The second-order valence-electron chi connectivity index (χ2n) is 6.46. The van der Waals surface area contributed by atoms with Gasteiger partial charge in [-0.2, -0.15) is 0 Å². The summed E-state index contributed by atoms with van der Waals surface area (Å²) in [5.41, 5.74) is 2.04. The van der Waals surface area contributed by atoms with E-state index in [0.29, 0.717) is 5.92 Å². The molecule has 2 rings (SSSR count). The van der Waals surface area contributed by atoms with Crippen LogP contribution in [0, 0.1) is 0 Å². The first kappa shape index (κ1) is 17.0. The minimum atomic E-state index is -0.529. The van der Waals surface area contributed by atoms with E-state index < -0.39 is 5.60 Å². The molecule has 0 N–H and O–H groups in total. The lowest BCUT2D eigenvalue weighted by molar-refractivity contribution is 0.0538. The molecular weight excluding hydrogens is 344 g/mol. The number of carbonyl (C=O) groups excluding carboxylic acids is 1. The lowest BCUT2D eigenvalue weighted by Gasteiger charge is -2.22. The summed E-state index contributed by atoms with van der Waals surface area (Å²) in [6.07, 6.45) is 3.34. The normalized spacial score (nSPS) is 12.1. The van der Waals surface area contributed by atoms with Gasteiger partial charge in [-0.05, 0) is 67.6 Å². The Hall–Kier alpha value is -1.36. The molecule has 4 nitrogen and oxygen atoms in total. The van der Waals surface area contributed by atoms with Crippen LogP contribution in [0.1, 0.15) is 59.1 Å². The summed E-state index contributed by atoms with van der Waals surface area (Å²) >= 11 is 3.43. The topological polar surface area (TPSA) is 44.1 Å². The van der Waals surface area contributed by atoms with Crippen LogP contribution in [0.15, 0.2) is 22.8 Å². The smallest absolute Gasteiger partial charge is 0.419 e. The average Bonchev–Trinajstić information content (AvgIpc) is 2.76. The van der Waals surface area contributed by atoms with Gasteiger partial charge in [0.15, 0.2) is 0 Å². The Morgan fingerprint density at radius 3 is 2.50 bits per heavy atom. The van der Waals surface area contributed by atoms with Crippen molar-refractivity contribution in [1.82, 2.24) is 9.55 Å². The Balaban J connectivity index is 2.63. The maximum absolute atomic E-state index is 12.7. The maximum atomic E-state index is 12.7. The molecule has 2 heterocycles. The highest BCUT2D eigenvalue weighted by molar-refractivity contribution is 9.10. The van der Waals surface area contributed by atoms with E-state index in [9.17, 15) is 4.79 Å². The van der Waals surface area contributed by atoms with Crippen molar-refractivity contribution in [3.8, 4) is 0 Å². The molecule has 2 aromatic heterocycles. The molecular formula is C17H23BrN2O2. The lowest BCUT2D eigenvalue weighted by Crippen LogP contribution is -2.28. The van der Waals surface area contributed by atoms with Crippen molar-refractivity contribution >= 4 is 33.1 Å². The summed E-state index contributed by atoms with van der Waals surface area (Å²) in [4.78, 5) is 17.1. The van der Waals surface area contributed by atoms with Crippen molar-refractivity contribution in [2.45, 2.75) is 59.0 Å². The summed E-state index contributed by atoms with van der Waals surface area (Å²) in [6, 6.07) is 3.92. The van der Waals surface area contributed by atoms with Gasteiger partial charge in [-0.25, -0.2) is 9.36 Å². The number of carbonyl (C=O) groups is 1. The maximum Gasteiger partial charge on any atom is 0.419 e. The molecule has 0 saturated heterocycles. The molecule has 0 aliphatic rings. The summed E-state index contributed by atoms with van der Waals surface area (Å²) in [7, 11) is 0. The van der Waals surface area contributed by atoms with E-state index in [1.54, 1.807) is 10.8 Å². The minimum Gasteiger partial charge on any atom is -0.443 e. The third-order valence-corrected chi connectivity index (χ3v) is 4.06. The molecule has 0 spiro atoms. The van der Waals surface area contributed by atoms with Crippen molar-refractivity contribution in [3.05, 3.63) is 28.5 Å². The van der Waals surface area contributed by atoms with Gasteiger partial charge in [-0.15, -0.1) is 0 Å². The predicted molar refractivity (Wildman–Crippen MR) is 92.4 cm³/mol. The summed E-state index contributed by atoms with van der Waals surface area (Å²) in [5.74, 6) is 0.306. The average molecular weight is 367 g/mol. The number of rotatable bonds is 3. The van der Waals surface area contributed by atoms with E-state index in [2.05, 4.69) is 34.8 Å². The van der Waals surface area contributed by atoms with Crippen molar-refractivity contribution < 1.29 is 9.53 Å². The number of fused-ring (bicyclic) bond motifs is 1. The van der Waals surface area contributed by atoms with Gasteiger partial charge in [-0.3, -0.25) is 4.98 Å². The van der Waals surface area contributed by atoms with E-state index in [1.807, 2.05) is 32.9 Å². The molecule has 120 valence electrons. The molecule has 0 aromatic carbocycles. The first-order valence-corrected chi connectivity index (χ1v) is 8.46. The Morgan fingerprint density at radius 2 is 1.95 bits per heavy atom. The number of ether oxygens (including phenoxy) is 1. The Labute approximate surface area is 140 Å². The Bertz CT molecular complexity index is 682. The molecule has 22 heavy (non-hydrogen) atoms. The third kappa shape index (κ3) is 3.51. The third-order valence-electron chi connectivity index (χ3n) is 3.63. The van der Waals surface area contributed by atoms with Gasteiger partial charge in [-0.1, -0.05) is 13.8 Å². The second-order valence-corrected chi connectivity index (χ2v) is 7.37. The van der Waals surface area contributed by atoms with E-state index >= 15 is 0 Å². The fourth-order valence-corrected chi connectivity index (χ4v) is 2.91. The van der Waals surface area contributed by atoms with Crippen LogP contribution in [0.4, 0.5) is 4.79 Å². The summed E-state index contributed by atoms with van der Waals surface area (Å²) in [6.45, 7) is 9.90. The first-order valence-electron chi connectivity index (χ1n) is 7.67. The fourth-order valence-electron chi connectivity index (χ4n) is 2.59. The van der Waals surface area contributed by atoms with Crippen molar-refractivity contribution in [1.29, 1.82) is 0 Å². The number of hydrogen-bond donors (Lipinski definition) is 0. The van der Waals surface area contributed by atoms with Crippen LogP contribution in [0.25, 0.3) is 11.0 Å². The first-order chi connectivity index (χ1) is 10.3. The highest BCUT2D eigenvalue weighted by Crippen LogP contribution is 2.30. The molecule has 5 heteroatoms. The van der Waals surface area contributed by atoms with Crippen LogP contribution in [0.2, 0.25) is 0 Å². The van der Waals surface area contributed by atoms with Crippen LogP contribution in [-0.2, 0) is 4.74 Å². The van der Waals surface area contributed by atoms with Crippen molar-refractivity contribution in [2.75, 3.05) is 0 Å². The van der Waals surface area contributed by atoms with E-state index in [0.717, 1.165) is 34.0 Å². The van der Waals surface area contributed by atoms with Gasteiger partial charge in [0.05, 0.1) is 11.0 Å². The number of pyridine rings is 1. The van der Waals surface area contributed by atoms with E-state index in [1.165, 1.54) is 0 Å². The van der Waals surface area contributed by atoms with Crippen LogP contribution >= 0.6 is 15.9 Å². The predicted octanol–water partition coefficient (Wildman–Crippen LogP) is 5.49. The van der Waals surface area contributed by atoms with Gasteiger partial charge in [0.2, 0.25) is 0 Å². The SMILES string of the molecule is CCC(CC)c1cc2ncc(Br)cc2n1C(=O)OC(C)(C)C. The Morgan fingerprint density at radius 1 is 1.32 bits per heavy atom. The minimum absolute atomic E-state index is 0.306. The van der Waals surface area contributed by atoms with Crippen LogP contribution in [0.5, 0.6) is 0 Å². The molecule has 0 amide bonds. The lowest BCUT2D eigenvalue weighted by atomic mass is 9.99. The molecule has 0 aliphatic heterocycles. The molecule has 2 aromatic rings. The van der Waals surface area contributed by atoms with Crippen LogP contribution < -0.4 is 0 Å². The van der Waals surface area contributed by atoms with E-state index in [-0.39, 0.29) is 6.09 Å². The molecule has 0 saturated carbocycles. The van der Waals surface area contributed by atoms with Gasteiger partial charge < -0.3 is 4.74 Å². The highest BCUT2D eigenvalue weighted by atomic mass is 79.9. The molecule has 0 aliphatic carbocycles.